The minimum Gasteiger partial charge on any atom is -0.494 e. The first-order valence-electron chi connectivity index (χ1n) is 6.20. The molecule has 2 aromatic heterocycles. The average Bonchev–Trinajstić information content (AvgIpc) is 3.04. The Morgan fingerprint density at radius 3 is 3.10 bits per heavy atom. The third-order valence-corrected chi connectivity index (χ3v) is 3.32. The summed E-state index contributed by atoms with van der Waals surface area (Å²) in [5, 5.41) is 20.8. The van der Waals surface area contributed by atoms with E-state index in [4.69, 9.17) is 0 Å². The molecular formula is C15H10N4O. The van der Waals surface area contributed by atoms with Gasteiger partial charge >= 0.3 is 0 Å². The van der Waals surface area contributed by atoms with Crippen molar-refractivity contribution in [3.63, 3.8) is 0 Å². The minimum atomic E-state index is 0.118. The summed E-state index contributed by atoms with van der Waals surface area (Å²) in [6, 6.07) is 9.65. The Bertz CT molecular complexity index is 969. The number of nitrogens with one attached hydrogen (secondary N) is 1. The molecule has 0 saturated heterocycles. The second-order valence-electron chi connectivity index (χ2n) is 4.59. The number of aromatic hydroxyl groups is 1. The maximum absolute atomic E-state index is 10.0. The molecule has 3 aromatic rings. The normalized spacial score (nSPS) is 13.7. The minimum absolute atomic E-state index is 0.118. The highest BCUT2D eigenvalue weighted by Gasteiger charge is 2.08. The molecule has 0 atom stereocenters. The molecule has 20 heavy (non-hydrogen) atoms. The lowest BCUT2D eigenvalue weighted by molar-refractivity contribution is 0.457. The molecule has 1 aliphatic rings. The van der Waals surface area contributed by atoms with Crippen LogP contribution in [0.3, 0.4) is 0 Å². The second kappa shape index (κ2) is 4.03. The molecule has 0 fully saturated rings. The van der Waals surface area contributed by atoms with Crippen LogP contribution in [-0.2, 0) is 0 Å². The highest BCUT2D eigenvalue weighted by atomic mass is 16.3. The molecule has 1 aliphatic heterocycles. The van der Waals surface area contributed by atoms with Gasteiger partial charge in [-0.3, -0.25) is 0 Å². The maximum Gasteiger partial charge on any atom is 0.198 e. The van der Waals surface area contributed by atoms with Crippen LogP contribution in [0.25, 0.3) is 23.3 Å². The maximum atomic E-state index is 10.0. The quantitative estimate of drug-likeness (QED) is 0.703. The predicted octanol–water partition coefficient (Wildman–Crippen LogP) is 1.93. The van der Waals surface area contributed by atoms with E-state index in [2.05, 4.69) is 20.2 Å². The summed E-state index contributed by atoms with van der Waals surface area (Å²) in [7, 11) is 0. The lowest BCUT2D eigenvalue weighted by Gasteiger charge is -1.93. The molecule has 1 aromatic carbocycles. The number of aromatic nitrogens is 2. The Morgan fingerprint density at radius 1 is 1.20 bits per heavy atom. The van der Waals surface area contributed by atoms with Crippen molar-refractivity contribution in [3.05, 3.63) is 52.5 Å². The van der Waals surface area contributed by atoms with E-state index in [1.165, 1.54) is 0 Å². The van der Waals surface area contributed by atoms with Crippen LogP contribution < -0.4 is 10.4 Å². The van der Waals surface area contributed by atoms with Gasteiger partial charge < -0.3 is 10.1 Å². The lowest BCUT2D eigenvalue weighted by atomic mass is 10.1. The van der Waals surface area contributed by atoms with Crippen LogP contribution in [0.1, 0.15) is 5.56 Å². The van der Waals surface area contributed by atoms with Crippen molar-refractivity contribution in [2.75, 3.05) is 0 Å². The third kappa shape index (κ3) is 1.60. The summed E-state index contributed by atoms with van der Waals surface area (Å²) in [4.78, 5) is 7.05. The van der Waals surface area contributed by atoms with Crippen molar-refractivity contribution in [2.45, 2.75) is 0 Å². The van der Waals surface area contributed by atoms with Crippen molar-refractivity contribution in [3.8, 4) is 5.88 Å². The zero-order valence-electron chi connectivity index (χ0n) is 10.4. The molecular weight excluding hydrogens is 252 g/mol. The number of fused-ring (bicyclic) bond motifs is 2. The lowest BCUT2D eigenvalue weighted by Crippen LogP contribution is -2.06. The first kappa shape index (κ1) is 10.9. The molecule has 0 saturated carbocycles. The average molecular weight is 262 g/mol. The largest absolute Gasteiger partial charge is 0.494 e. The summed E-state index contributed by atoms with van der Waals surface area (Å²) in [6.45, 7) is 0. The summed E-state index contributed by atoms with van der Waals surface area (Å²) >= 11 is 0. The highest BCUT2D eigenvalue weighted by Crippen LogP contribution is 2.26. The van der Waals surface area contributed by atoms with E-state index in [0.717, 1.165) is 27.1 Å². The van der Waals surface area contributed by atoms with Crippen LogP contribution >= 0.6 is 0 Å². The number of pyridine rings is 1. The number of azo groups is 1. The first-order valence-corrected chi connectivity index (χ1v) is 6.20. The van der Waals surface area contributed by atoms with E-state index in [9.17, 15) is 5.11 Å². The fourth-order valence-corrected chi connectivity index (χ4v) is 2.34. The van der Waals surface area contributed by atoms with E-state index in [1.807, 2.05) is 36.4 Å². The Labute approximate surface area is 113 Å². The van der Waals surface area contributed by atoms with E-state index in [0.29, 0.717) is 5.65 Å². The molecule has 4 rings (SSSR count). The Kier molecular flexibility index (Phi) is 2.20. The van der Waals surface area contributed by atoms with E-state index in [1.54, 1.807) is 12.4 Å². The number of rotatable bonds is 1. The van der Waals surface area contributed by atoms with Gasteiger partial charge in [0.05, 0.1) is 11.9 Å². The summed E-state index contributed by atoms with van der Waals surface area (Å²) in [5.41, 5.74) is 2.24. The van der Waals surface area contributed by atoms with Gasteiger partial charge in [-0.05, 0) is 29.5 Å². The van der Waals surface area contributed by atoms with Crippen molar-refractivity contribution >= 4 is 29.0 Å². The standard InChI is InChI=1S/C15H10N4O/c20-15-12(11-2-1-5-16-14(11)18-15)6-9-3-4-10-8-17-19-13(10)7-9/h1-8,20H,(H,16,18). The Morgan fingerprint density at radius 2 is 2.15 bits per heavy atom. The molecule has 3 heterocycles. The summed E-state index contributed by atoms with van der Waals surface area (Å²) in [5.74, 6) is 0.118. The summed E-state index contributed by atoms with van der Waals surface area (Å²) < 4.78 is 0. The van der Waals surface area contributed by atoms with Gasteiger partial charge in [0.1, 0.15) is 5.65 Å². The highest BCUT2D eigenvalue weighted by molar-refractivity contribution is 5.89. The molecule has 2 N–H and O–H groups in total. The van der Waals surface area contributed by atoms with E-state index < -0.39 is 0 Å². The van der Waals surface area contributed by atoms with Crippen LogP contribution in [-0.4, -0.2) is 15.1 Å². The zero-order valence-corrected chi connectivity index (χ0v) is 10.4. The SMILES string of the molecule is Oc1[nH]c2ncccc2c1C=c1ccc2c(c1)N=NC=2. The number of aromatic amines is 1. The van der Waals surface area contributed by atoms with Gasteiger partial charge in [-0.2, -0.15) is 10.2 Å². The van der Waals surface area contributed by atoms with Crippen LogP contribution in [0, 0.1) is 0 Å². The molecule has 0 bridgehead atoms. The topological polar surface area (TPSA) is 73.6 Å². The number of hydrogen-bond donors (Lipinski definition) is 2. The van der Waals surface area contributed by atoms with Gasteiger partial charge in [-0.15, -0.1) is 0 Å². The molecule has 0 unspecified atom stereocenters. The predicted molar refractivity (Wildman–Crippen MR) is 76.0 cm³/mol. The van der Waals surface area contributed by atoms with Gasteiger partial charge in [-0.25, -0.2) is 4.98 Å². The zero-order chi connectivity index (χ0) is 13.5. The van der Waals surface area contributed by atoms with Gasteiger partial charge in [-0.1, -0.05) is 12.1 Å². The Hall–Kier alpha value is -2.95. The van der Waals surface area contributed by atoms with Crippen LogP contribution in [0.15, 0.2) is 46.8 Å². The van der Waals surface area contributed by atoms with Gasteiger partial charge in [0.25, 0.3) is 0 Å². The number of H-pyrrole nitrogens is 1. The molecule has 0 aliphatic carbocycles. The van der Waals surface area contributed by atoms with Gasteiger partial charge in [0.2, 0.25) is 0 Å². The third-order valence-electron chi connectivity index (χ3n) is 3.32. The van der Waals surface area contributed by atoms with Crippen molar-refractivity contribution in [1.29, 1.82) is 0 Å². The molecule has 0 spiro atoms. The van der Waals surface area contributed by atoms with Gasteiger partial charge in [0, 0.05) is 22.4 Å². The molecule has 0 radical (unpaired) electrons. The molecule has 96 valence electrons. The Balaban J connectivity index is 1.97. The second-order valence-corrected chi connectivity index (χ2v) is 4.59. The molecule has 5 heteroatoms. The smallest absolute Gasteiger partial charge is 0.198 e. The first-order chi connectivity index (χ1) is 9.81. The fourth-order valence-electron chi connectivity index (χ4n) is 2.34. The molecule has 0 amide bonds. The van der Waals surface area contributed by atoms with Gasteiger partial charge in [0.15, 0.2) is 5.88 Å². The molecule has 5 nitrogen and oxygen atoms in total. The summed E-state index contributed by atoms with van der Waals surface area (Å²) in [6.07, 6.45) is 5.32. The number of hydrogen-bond acceptors (Lipinski definition) is 4. The van der Waals surface area contributed by atoms with Crippen LogP contribution in [0.4, 0.5) is 5.69 Å². The fraction of sp³-hybridized carbons (Fsp3) is 0. The van der Waals surface area contributed by atoms with Crippen molar-refractivity contribution < 1.29 is 5.11 Å². The number of benzene rings is 1. The van der Waals surface area contributed by atoms with Crippen molar-refractivity contribution in [2.24, 2.45) is 10.2 Å². The van der Waals surface area contributed by atoms with Crippen LogP contribution in [0.2, 0.25) is 0 Å². The van der Waals surface area contributed by atoms with E-state index in [-0.39, 0.29) is 5.88 Å². The van der Waals surface area contributed by atoms with E-state index >= 15 is 0 Å². The monoisotopic (exact) mass is 262 g/mol. The van der Waals surface area contributed by atoms with Crippen LogP contribution in [0.5, 0.6) is 5.88 Å². The number of nitrogens with zero attached hydrogens (tertiary/aromatic N) is 3. The van der Waals surface area contributed by atoms with Crippen molar-refractivity contribution in [1.82, 2.24) is 9.97 Å².